The second kappa shape index (κ2) is 8.33. The highest BCUT2D eigenvalue weighted by atomic mass is 16.6. The molecule has 0 radical (unpaired) electrons. The molecule has 1 amide bonds. The van der Waals surface area contributed by atoms with Gasteiger partial charge in [0.2, 0.25) is 0 Å². The van der Waals surface area contributed by atoms with Crippen LogP contribution in [0.15, 0.2) is 71.8 Å². The summed E-state index contributed by atoms with van der Waals surface area (Å²) >= 11 is 0. The minimum Gasteiger partial charge on any atom is -0.480 e. The zero-order valence-electron chi connectivity index (χ0n) is 17.6. The molecule has 2 aliphatic rings. The Morgan fingerprint density at radius 1 is 1.03 bits per heavy atom. The fourth-order valence-electron chi connectivity index (χ4n) is 4.77. The van der Waals surface area contributed by atoms with E-state index in [1.54, 1.807) is 18.2 Å². The van der Waals surface area contributed by atoms with Gasteiger partial charge in [-0.1, -0.05) is 65.8 Å². The lowest BCUT2D eigenvalue weighted by molar-refractivity contribution is -0.143. The van der Waals surface area contributed by atoms with Crippen molar-refractivity contribution in [2.45, 2.75) is 24.9 Å². The van der Waals surface area contributed by atoms with Crippen LogP contribution in [0.3, 0.4) is 0 Å². The van der Waals surface area contributed by atoms with E-state index in [-0.39, 0.29) is 25.5 Å². The molecular weight excluding hydrogens is 420 g/mol. The van der Waals surface area contributed by atoms with E-state index in [1.165, 1.54) is 4.90 Å². The summed E-state index contributed by atoms with van der Waals surface area (Å²) in [6, 6.07) is 20.1. The van der Waals surface area contributed by atoms with Crippen molar-refractivity contribution in [2.24, 2.45) is 5.11 Å². The second-order valence-electron chi connectivity index (χ2n) is 8.13. The first-order chi connectivity index (χ1) is 16.1. The molecule has 8 nitrogen and oxygen atoms in total. The van der Waals surface area contributed by atoms with Crippen LogP contribution in [0.4, 0.5) is 10.5 Å². The third kappa shape index (κ3) is 3.66. The van der Waals surface area contributed by atoms with Gasteiger partial charge in [0.1, 0.15) is 12.6 Å². The molecule has 0 fully saturated rings. The number of hydrogen-bond acceptors (Lipinski definition) is 4. The topological polar surface area (TPSA) is 116 Å². The Morgan fingerprint density at radius 3 is 2.33 bits per heavy atom. The first-order valence-electron chi connectivity index (χ1n) is 10.6. The van der Waals surface area contributed by atoms with Crippen LogP contribution in [0.2, 0.25) is 0 Å². The Kier molecular flexibility index (Phi) is 5.20. The van der Waals surface area contributed by atoms with Crippen LogP contribution in [0.1, 0.15) is 28.2 Å². The summed E-state index contributed by atoms with van der Waals surface area (Å²) in [5.41, 5.74) is 15.1. The maximum Gasteiger partial charge on any atom is 0.410 e. The molecule has 1 N–H and O–H groups in total. The SMILES string of the molecule is [N-]=[N+]=Nc1ccc2c(c1)CN(C(=O)OCC1c3ccccc3-c3ccccc31)[C@H](C(=O)O)C2. The summed E-state index contributed by atoms with van der Waals surface area (Å²) < 4.78 is 5.69. The third-order valence-corrected chi connectivity index (χ3v) is 6.34. The summed E-state index contributed by atoms with van der Waals surface area (Å²) in [6.45, 7) is 0.180. The Hall–Kier alpha value is -4.29. The molecule has 1 atom stereocenters. The number of aliphatic carboxylic acids is 1. The summed E-state index contributed by atoms with van der Waals surface area (Å²) in [4.78, 5) is 29.0. The van der Waals surface area contributed by atoms with Crippen molar-refractivity contribution in [1.82, 2.24) is 4.90 Å². The maximum absolute atomic E-state index is 13.1. The number of nitrogens with zero attached hydrogens (tertiary/aromatic N) is 4. The van der Waals surface area contributed by atoms with E-state index < -0.39 is 18.1 Å². The van der Waals surface area contributed by atoms with Crippen LogP contribution in [0, 0.1) is 0 Å². The molecule has 0 saturated heterocycles. The molecule has 164 valence electrons. The lowest BCUT2D eigenvalue weighted by Crippen LogP contribution is -2.49. The van der Waals surface area contributed by atoms with Crippen LogP contribution in [0.5, 0.6) is 0 Å². The van der Waals surface area contributed by atoms with Gasteiger partial charge in [-0.25, -0.2) is 9.59 Å². The van der Waals surface area contributed by atoms with Crippen molar-refractivity contribution >= 4 is 17.7 Å². The number of carbonyl (C=O) groups excluding carboxylic acids is 1. The Morgan fingerprint density at radius 2 is 1.70 bits per heavy atom. The normalized spacial score (nSPS) is 16.2. The Bertz CT molecular complexity index is 1270. The van der Waals surface area contributed by atoms with Crippen LogP contribution >= 0.6 is 0 Å². The summed E-state index contributed by atoms with van der Waals surface area (Å²) in [5.74, 6) is -1.20. The molecule has 33 heavy (non-hydrogen) atoms. The quantitative estimate of drug-likeness (QED) is 0.333. The van der Waals surface area contributed by atoms with Gasteiger partial charge in [0.25, 0.3) is 0 Å². The standard InChI is InChI=1S/C25H20N4O4/c26-28-27-17-10-9-15-12-23(24(30)31)29(13-16(15)11-17)25(32)33-14-22-20-7-3-1-5-18(20)19-6-2-4-8-21(19)22/h1-11,22-23H,12-14H2,(H,30,31)/t23-/m0/s1. The van der Waals surface area contributed by atoms with Crippen molar-refractivity contribution in [1.29, 1.82) is 0 Å². The Labute approximate surface area is 189 Å². The predicted octanol–water partition coefficient (Wildman–Crippen LogP) is 5.39. The van der Waals surface area contributed by atoms with E-state index in [2.05, 4.69) is 22.2 Å². The van der Waals surface area contributed by atoms with Crippen LogP contribution in [-0.4, -0.2) is 34.7 Å². The summed E-state index contributed by atoms with van der Waals surface area (Å²) in [6.07, 6.45) is -0.519. The summed E-state index contributed by atoms with van der Waals surface area (Å²) in [7, 11) is 0. The molecule has 0 saturated carbocycles. The number of azide groups is 1. The van der Waals surface area contributed by atoms with E-state index in [0.717, 1.165) is 33.4 Å². The fourth-order valence-corrected chi connectivity index (χ4v) is 4.77. The molecule has 0 aromatic heterocycles. The molecule has 0 spiro atoms. The van der Waals surface area contributed by atoms with Crippen molar-refractivity contribution < 1.29 is 19.4 Å². The third-order valence-electron chi connectivity index (χ3n) is 6.34. The molecule has 1 aliphatic heterocycles. The van der Waals surface area contributed by atoms with E-state index >= 15 is 0 Å². The molecule has 3 aromatic carbocycles. The number of carboxylic acids is 1. The van der Waals surface area contributed by atoms with E-state index in [9.17, 15) is 14.7 Å². The number of amides is 1. The average molecular weight is 440 g/mol. The van der Waals surface area contributed by atoms with Gasteiger partial charge in [0.15, 0.2) is 0 Å². The number of carbonyl (C=O) groups is 2. The van der Waals surface area contributed by atoms with E-state index in [4.69, 9.17) is 10.3 Å². The zero-order valence-corrected chi connectivity index (χ0v) is 17.6. The number of carboxylic acid groups (broad SMARTS) is 1. The highest BCUT2D eigenvalue weighted by molar-refractivity contribution is 5.82. The van der Waals surface area contributed by atoms with Gasteiger partial charge in [-0.05, 0) is 45.0 Å². The minimum atomic E-state index is -1.09. The first-order valence-corrected chi connectivity index (χ1v) is 10.6. The number of benzene rings is 3. The molecule has 1 aliphatic carbocycles. The predicted molar refractivity (Wildman–Crippen MR) is 121 cm³/mol. The van der Waals surface area contributed by atoms with Crippen molar-refractivity contribution in [2.75, 3.05) is 6.61 Å². The summed E-state index contributed by atoms with van der Waals surface area (Å²) in [5, 5.41) is 13.3. The van der Waals surface area contributed by atoms with Gasteiger partial charge in [0, 0.05) is 22.9 Å². The molecule has 3 aromatic rings. The van der Waals surface area contributed by atoms with E-state index in [1.807, 2.05) is 36.4 Å². The van der Waals surface area contributed by atoms with Crippen LogP contribution in [0.25, 0.3) is 21.6 Å². The lowest BCUT2D eigenvalue weighted by atomic mass is 9.94. The highest BCUT2D eigenvalue weighted by Gasteiger charge is 2.37. The van der Waals surface area contributed by atoms with Gasteiger partial charge < -0.3 is 9.84 Å². The monoisotopic (exact) mass is 440 g/mol. The van der Waals surface area contributed by atoms with Gasteiger partial charge in [-0.2, -0.15) is 0 Å². The Balaban J connectivity index is 1.39. The number of hydrogen-bond donors (Lipinski definition) is 1. The molecular formula is C25H20N4O4. The van der Waals surface area contributed by atoms with Crippen molar-refractivity contribution in [3.8, 4) is 11.1 Å². The molecule has 8 heteroatoms. The number of rotatable bonds is 4. The van der Waals surface area contributed by atoms with Gasteiger partial charge in [-0.3, -0.25) is 4.90 Å². The number of ether oxygens (including phenoxy) is 1. The highest BCUT2D eigenvalue weighted by Crippen LogP contribution is 2.44. The van der Waals surface area contributed by atoms with E-state index in [0.29, 0.717) is 5.69 Å². The van der Waals surface area contributed by atoms with Crippen LogP contribution in [-0.2, 0) is 22.5 Å². The minimum absolute atomic E-state index is 0.0672. The zero-order chi connectivity index (χ0) is 22.9. The maximum atomic E-state index is 13.1. The first kappa shape index (κ1) is 20.6. The molecule has 5 rings (SSSR count). The lowest BCUT2D eigenvalue weighted by Gasteiger charge is -2.34. The van der Waals surface area contributed by atoms with Crippen LogP contribution < -0.4 is 0 Å². The largest absolute Gasteiger partial charge is 0.480 e. The van der Waals surface area contributed by atoms with Crippen molar-refractivity contribution in [3.05, 3.63) is 99.4 Å². The number of fused-ring (bicyclic) bond motifs is 4. The van der Waals surface area contributed by atoms with Gasteiger partial charge in [-0.15, -0.1) is 0 Å². The fraction of sp³-hybridized carbons (Fsp3) is 0.200. The smallest absolute Gasteiger partial charge is 0.410 e. The molecule has 0 unspecified atom stereocenters. The molecule has 1 heterocycles. The van der Waals surface area contributed by atoms with Gasteiger partial charge in [0.05, 0.1) is 6.54 Å². The average Bonchev–Trinajstić information content (AvgIpc) is 3.15. The van der Waals surface area contributed by atoms with Crippen molar-refractivity contribution in [3.63, 3.8) is 0 Å². The molecule has 0 bridgehead atoms. The second-order valence-corrected chi connectivity index (χ2v) is 8.13. The van der Waals surface area contributed by atoms with Gasteiger partial charge >= 0.3 is 12.1 Å².